The number of hydrogen-bond acceptors (Lipinski definition) is 5. The van der Waals surface area contributed by atoms with Crippen molar-refractivity contribution >= 4 is 41.1 Å². The first kappa shape index (κ1) is 21.6. The van der Waals surface area contributed by atoms with E-state index < -0.39 is 5.91 Å². The molecule has 0 radical (unpaired) electrons. The largest absolute Gasteiger partial charge is 0.492 e. The molecule has 148 valence electrons. The molecule has 7 nitrogen and oxygen atoms in total. The van der Waals surface area contributed by atoms with Crippen LogP contribution in [0.25, 0.3) is 6.08 Å². The standard InChI is InChI=1S/C19H18Cl2N2O5/c1-12(24)22-8-9-27-14-4-2-13(3-7-19(25)23-26)18(11-14)28-15-5-6-16(20)17(21)10-15/h2-7,10-11,26H,8-9H2,1H3,(H,22,24)(H,23,25). The zero-order chi connectivity index (χ0) is 20.5. The van der Waals surface area contributed by atoms with Crippen molar-refractivity contribution in [1.29, 1.82) is 0 Å². The second-order valence-corrected chi connectivity index (χ2v) is 6.33. The van der Waals surface area contributed by atoms with Crippen molar-refractivity contribution in [3.63, 3.8) is 0 Å². The van der Waals surface area contributed by atoms with E-state index in [0.717, 1.165) is 6.08 Å². The molecule has 0 saturated carbocycles. The number of amides is 2. The Morgan fingerprint density at radius 2 is 1.86 bits per heavy atom. The summed E-state index contributed by atoms with van der Waals surface area (Å²) in [5.41, 5.74) is 2.07. The van der Waals surface area contributed by atoms with E-state index in [1.807, 2.05) is 0 Å². The molecule has 0 aromatic heterocycles. The maximum absolute atomic E-state index is 11.3. The van der Waals surface area contributed by atoms with Gasteiger partial charge in [0.05, 0.1) is 16.6 Å². The summed E-state index contributed by atoms with van der Waals surface area (Å²) in [6, 6.07) is 9.80. The maximum Gasteiger partial charge on any atom is 0.267 e. The van der Waals surface area contributed by atoms with Crippen LogP contribution in [0.5, 0.6) is 17.2 Å². The lowest BCUT2D eigenvalue weighted by Gasteiger charge is -2.13. The van der Waals surface area contributed by atoms with E-state index in [-0.39, 0.29) is 12.5 Å². The molecule has 0 bridgehead atoms. The summed E-state index contributed by atoms with van der Waals surface area (Å²) in [5.74, 6) is 0.499. The average molecular weight is 425 g/mol. The van der Waals surface area contributed by atoms with Gasteiger partial charge in [0, 0.05) is 30.7 Å². The predicted molar refractivity (Wildman–Crippen MR) is 106 cm³/mol. The fourth-order valence-corrected chi connectivity index (χ4v) is 2.38. The van der Waals surface area contributed by atoms with Gasteiger partial charge in [-0.15, -0.1) is 0 Å². The first-order valence-corrected chi connectivity index (χ1v) is 8.91. The number of hydrogen-bond donors (Lipinski definition) is 3. The van der Waals surface area contributed by atoms with Gasteiger partial charge >= 0.3 is 0 Å². The lowest BCUT2D eigenvalue weighted by atomic mass is 10.1. The maximum atomic E-state index is 11.3. The van der Waals surface area contributed by atoms with E-state index >= 15 is 0 Å². The molecule has 0 spiro atoms. The number of rotatable bonds is 8. The van der Waals surface area contributed by atoms with Crippen LogP contribution in [0.1, 0.15) is 12.5 Å². The highest BCUT2D eigenvalue weighted by Crippen LogP contribution is 2.33. The van der Waals surface area contributed by atoms with E-state index in [4.69, 9.17) is 37.9 Å². The summed E-state index contributed by atoms with van der Waals surface area (Å²) in [7, 11) is 0. The van der Waals surface area contributed by atoms with Gasteiger partial charge in [0.25, 0.3) is 5.91 Å². The van der Waals surface area contributed by atoms with Gasteiger partial charge < -0.3 is 14.8 Å². The minimum absolute atomic E-state index is 0.144. The number of halogens is 2. The normalized spacial score (nSPS) is 10.6. The lowest BCUT2D eigenvalue weighted by Crippen LogP contribution is -2.25. The van der Waals surface area contributed by atoms with Crippen molar-refractivity contribution in [2.24, 2.45) is 0 Å². The van der Waals surface area contributed by atoms with E-state index in [0.29, 0.717) is 39.4 Å². The molecule has 0 aliphatic carbocycles. The van der Waals surface area contributed by atoms with Crippen LogP contribution >= 0.6 is 23.2 Å². The van der Waals surface area contributed by atoms with Crippen molar-refractivity contribution < 1.29 is 24.3 Å². The van der Waals surface area contributed by atoms with Gasteiger partial charge in [-0.25, -0.2) is 5.48 Å². The van der Waals surface area contributed by atoms with Gasteiger partial charge in [-0.3, -0.25) is 14.8 Å². The van der Waals surface area contributed by atoms with Crippen LogP contribution in [-0.4, -0.2) is 30.2 Å². The van der Waals surface area contributed by atoms with Crippen LogP contribution in [0.4, 0.5) is 0 Å². The molecule has 0 aliphatic rings. The molecule has 2 amide bonds. The smallest absolute Gasteiger partial charge is 0.267 e. The van der Waals surface area contributed by atoms with Gasteiger partial charge in [0.15, 0.2) is 0 Å². The summed E-state index contributed by atoms with van der Waals surface area (Å²) < 4.78 is 11.5. The molecule has 0 heterocycles. The van der Waals surface area contributed by atoms with Crippen molar-refractivity contribution in [2.45, 2.75) is 6.92 Å². The van der Waals surface area contributed by atoms with Crippen LogP contribution in [0.3, 0.4) is 0 Å². The van der Waals surface area contributed by atoms with E-state index in [9.17, 15) is 9.59 Å². The summed E-state index contributed by atoms with van der Waals surface area (Å²) >= 11 is 11.9. The Hall–Kier alpha value is -2.74. The zero-order valence-corrected chi connectivity index (χ0v) is 16.4. The van der Waals surface area contributed by atoms with Crippen molar-refractivity contribution in [2.75, 3.05) is 13.2 Å². The first-order valence-electron chi connectivity index (χ1n) is 8.15. The molecule has 2 rings (SSSR count). The second-order valence-electron chi connectivity index (χ2n) is 5.52. The fourth-order valence-electron chi connectivity index (χ4n) is 2.10. The van der Waals surface area contributed by atoms with E-state index in [2.05, 4.69) is 5.32 Å². The number of nitrogens with one attached hydrogen (secondary N) is 2. The second kappa shape index (κ2) is 10.6. The van der Waals surface area contributed by atoms with E-state index in [1.54, 1.807) is 36.4 Å². The predicted octanol–water partition coefficient (Wildman–Crippen LogP) is 3.82. The summed E-state index contributed by atoms with van der Waals surface area (Å²) in [5, 5.41) is 12.0. The van der Waals surface area contributed by atoms with Crippen LogP contribution in [0.15, 0.2) is 42.5 Å². The summed E-state index contributed by atoms with van der Waals surface area (Å²) in [4.78, 5) is 22.1. The van der Waals surface area contributed by atoms with Crippen molar-refractivity contribution in [3.05, 3.63) is 58.1 Å². The Bertz CT molecular complexity index is 887. The molecule has 0 saturated heterocycles. The molecular formula is C19H18Cl2N2O5. The van der Waals surface area contributed by atoms with Crippen LogP contribution < -0.4 is 20.3 Å². The van der Waals surface area contributed by atoms with Gasteiger partial charge in [-0.1, -0.05) is 23.2 Å². The lowest BCUT2D eigenvalue weighted by molar-refractivity contribution is -0.124. The number of benzene rings is 2. The van der Waals surface area contributed by atoms with Crippen molar-refractivity contribution in [3.8, 4) is 17.2 Å². The van der Waals surface area contributed by atoms with Crippen LogP contribution in [-0.2, 0) is 9.59 Å². The molecule has 9 heteroatoms. The third-order valence-corrected chi connectivity index (χ3v) is 4.11. The number of ether oxygens (including phenoxy) is 2. The Morgan fingerprint density at radius 3 is 2.54 bits per heavy atom. The number of carbonyl (C=O) groups is 2. The molecule has 3 N–H and O–H groups in total. The molecular weight excluding hydrogens is 407 g/mol. The van der Waals surface area contributed by atoms with Gasteiger partial charge in [-0.2, -0.15) is 0 Å². The van der Waals surface area contributed by atoms with Crippen LogP contribution in [0.2, 0.25) is 10.0 Å². The molecule has 0 aliphatic heterocycles. The zero-order valence-electron chi connectivity index (χ0n) is 14.9. The Labute approximate surface area is 171 Å². The highest BCUT2D eigenvalue weighted by atomic mass is 35.5. The highest BCUT2D eigenvalue weighted by molar-refractivity contribution is 6.42. The highest BCUT2D eigenvalue weighted by Gasteiger charge is 2.08. The molecule has 28 heavy (non-hydrogen) atoms. The number of carbonyl (C=O) groups excluding carboxylic acids is 2. The molecule has 0 atom stereocenters. The van der Waals surface area contributed by atoms with Crippen molar-refractivity contribution in [1.82, 2.24) is 10.8 Å². The summed E-state index contributed by atoms with van der Waals surface area (Å²) in [6.45, 7) is 2.05. The SMILES string of the molecule is CC(=O)NCCOc1ccc(C=CC(=O)NO)c(Oc2ccc(Cl)c(Cl)c2)c1. The van der Waals surface area contributed by atoms with E-state index in [1.165, 1.54) is 18.5 Å². The minimum Gasteiger partial charge on any atom is -0.492 e. The average Bonchev–Trinajstić information content (AvgIpc) is 2.67. The molecule has 0 unspecified atom stereocenters. The third kappa shape index (κ3) is 6.77. The Balaban J connectivity index is 2.23. The number of hydroxylamine groups is 1. The Kier molecular flexibility index (Phi) is 8.13. The van der Waals surface area contributed by atoms with Gasteiger partial charge in [0.1, 0.15) is 23.9 Å². The molecule has 2 aromatic rings. The fraction of sp³-hybridized carbons (Fsp3) is 0.158. The first-order chi connectivity index (χ1) is 13.4. The topological polar surface area (TPSA) is 96.9 Å². The molecule has 0 fully saturated rings. The van der Waals surface area contributed by atoms with Gasteiger partial charge in [0.2, 0.25) is 5.91 Å². The van der Waals surface area contributed by atoms with Crippen LogP contribution in [0, 0.1) is 0 Å². The Morgan fingerprint density at radius 1 is 1.11 bits per heavy atom. The minimum atomic E-state index is -0.684. The summed E-state index contributed by atoms with van der Waals surface area (Å²) in [6.07, 6.45) is 2.62. The third-order valence-electron chi connectivity index (χ3n) is 3.37. The quantitative estimate of drug-likeness (QED) is 0.259. The monoisotopic (exact) mass is 424 g/mol. The van der Waals surface area contributed by atoms with Gasteiger partial charge in [-0.05, 0) is 30.3 Å². The molecule has 2 aromatic carbocycles.